The van der Waals surface area contributed by atoms with Gasteiger partial charge in [-0.15, -0.1) is 0 Å². The van der Waals surface area contributed by atoms with Crippen molar-refractivity contribution in [3.05, 3.63) is 62.9 Å². The summed E-state index contributed by atoms with van der Waals surface area (Å²) in [5.41, 5.74) is 0.331. The zero-order valence-corrected chi connectivity index (χ0v) is 13.4. The standard InChI is InChI=1S/C16H15ClFNO4/c1-10-16(14(20)5-6-22-10)23-9-15(21)19(2)8-11-3-4-13(18)12(17)7-11/h3-7H,8-9H2,1-2H3. The molecule has 0 bridgehead atoms. The molecule has 0 saturated carbocycles. The van der Waals surface area contributed by atoms with Gasteiger partial charge in [-0.05, 0) is 24.6 Å². The lowest BCUT2D eigenvalue weighted by atomic mass is 10.2. The normalized spacial score (nSPS) is 10.4. The number of carbonyl (C=O) groups is 1. The minimum absolute atomic E-state index is 0.00267. The molecule has 0 spiro atoms. The average molecular weight is 340 g/mol. The summed E-state index contributed by atoms with van der Waals surface area (Å²) in [6, 6.07) is 5.46. The van der Waals surface area contributed by atoms with Gasteiger partial charge in [-0.2, -0.15) is 0 Å². The molecule has 1 amide bonds. The van der Waals surface area contributed by atoms with Gasteiger partial charge in [-0.25, -0.2) is 4.39 Å². The highest BCUT2D eigenvalue weighted by molar-refractivity contribution is 6.30. The molecule has 1 heterocycles. The Bertz CT molecular complexity index is 775. The fraction of sp³-hybridized carbons (Fsp3) is 0.250. The third kappa shape index (κ3) is 4.32. The molecule has 0 saturated heterocycles. The Balaban J connectivity index is 1.97. The van der Waals surface area contributed by atoms with Crippen LogP contribution >= 0.6 is 11.6 Å². The first-order chi connectivity index (χ1) is 10.9. The molecule has 0 aliphatic carbocycles. The van der Waals surface area contributed by atoms with E-state index in [-0.39, 0.29) is 35.3 Å². The van der Waals surface area contributed by atoms with Crippen LogP contribution in [0, 0.1) is 12.7 Å². The molecule has 1 aromatic heterocycles. The average Bonchev–Trinajstić information content (AvgIpc) is 2.50. The summed E-state index contributed by atoms with van der Waals surface area (Å²) >= 11 is 5.70. The number of likely N-dealkylation sites (N-methyl/N-ethyl adjacent to an activating group) is 1. The van der Waals surface area contributed by atoms with Crippen LogP contribution in [-0.4, -0.2) is 24.5 Å². The fourth-order valence-corrected chi connectivity index (χ4v) is 2.12. The van der Waals surface area contributed by atoms with E-state index in [1.807, 2.05) is 0 Å². The van der Waals surface area contributed by atoms with Crippen LogP contribution in [0.3, 0.4) is 0 Å². The van der Waals surface area contributed by atoms with E-state index in [2.05, 4.69) is 0 Å². The summed E-state index contributed by atoms with van der Waals surface area (Å²) in [7, 11) is 1.57. The third-order valence-electron chi connectivity index (χ3n) is 3.18. The first-order valence-electron chi connectivity index (χ1n) is 6.77. The molecule has 5 nitrogen and oxygen atoms in total. The minimum Gasteiger partial charge on any atom is -0.476 e. The number of nitrogens with zero attached hydrogens (tertiary/aromatic N) is 1. The number of benzene rings is 1. The Morgan fingerprint density at radius 2 is 2.13 bits per heavy atom. The van der Waals surface area contributed by atoms with E-state index >= 15 is 0 Å². The van der Waals surface area contributed by atoms with Crippen molar-refractivity contribution in [2.75, 3.05) is 13.7 Å². The first kappa shape index (κ1) is 17.0. The second kappa shape index (κ2) is 7.28. The molecule has 0 fully saturated rings. The largest absolute Gasteiger partial charge is 0.476 e. The molecule has 0 N–H and O–H groups in total. The van der Waals surface area contributed by atoms with Crippen molar-refractivity contribution in [1.29, 1.82) is 0 Å². The van der Waals surface area contributed by atoms with Crippen LogP contribution in [0.2, 0.25) is 5.02 Å². The van der Waals surface area contributed by atoms with Gasteiger partial charge in [0, 0.05) is 19.7 Å². The third-order valence-corrected chi connectivity index (χ3v) is 3.47. The number of halogens is 2. The van der Waals surface area contributed by atoms with Crippen molar-refractivity contribution in [2.45, 2.75) is 13.5 Å². The van der Waals surface area contributed by atoms with Crippen molar-refractivity contribution in [3.63, 3.8) is 0 Å². The van der Waals surface area contributed by atoms with Crippen molar-refractivity contribution in [1.82, 2.24) is 4.90 Å². The van der Waals surface area contributed by atoms with Crippen LogP contribution in [0.1, 0.15) is 11.3 Å². The van der Waals surface area contributed by atoms with E-state index in [4.69, 9.17) is 20.8 Å². The number of carbonyl (C=O) groups excluding carboxylic acids is 1. The quantitative estimate of drug-likeness (QED) is 0.840. The lowest BCUT2D eigenvalue weighted by Gasteiger charge is -2.18. The van der Waals surface area contributed by atoms with E-state index in [1.165, 1.54) is 29.4 Å². The number of ether oxygens (including phenoxy) is 1. The molecule has 7 heteroatoms. The summed E-state index contributed by atoms with van der Waals surface area (Å²) < 4.78 is 23.4. The van der Waals surface area contributed by atoms with Gasteiger partial charge in [-0.1, -0.05) is 17.7 Å². The van der Waals surface area contributed by atoms with Crippen LogP contribution in [0.15, 0.2) is 39.7 Å². The van der Waals surface area contributed by atoms with Crippen molar-refractivity contribution in [2.24, 2.45) is 0 Å². The molecule has 1 aromatic carbocycles. The van der Waals surface area contributed by atoms with Crippen LogP contribution in [0.5, 0.6) is 5.75 Å². The minimum atomic E-state index is -0.515. The van der Waals surface area contributed by atoms with E-state index in [0.717, 1.165) is 0 Å². The second-order valence-electron chi connectivity index (χ2n) is 4.96. The summed E-state index contributed by atoms with van der Waals surface area (Å²) in [6.07, 6.45) is 1.26. The maximum Gasteiger partial charge on any atom is 0.260 e. The Labute approximate surface area is 137 Å². The molecule has 2 aromatic rings. The van der Waals surface area contributed by atoms with Crippen molar-refractivity contribution >= 4 is 17.5 Å². The zero-order valence-electron chi connectivity index (χ0n) is 12.6. The summed E-state index contributed by atoms with van der Waals surface area (Å²) in [4.78, 5) is 25.1. The van der Waals surface area contributed by atoms with Crippen LogP contribution in [0.25, 0.3) is 0 Å². The van der Waals surface area contributed by atoms with Gasteiger partial charge in [0.25, 0.3) is 5.91 Å². The van der Waals surface area contributed by atoms with Gasteiger partial charge >= 0.3 is 0 Å². The van der Waals surface area contributed by atoms with Gasteiger partial charge < -0.3 is 14.1 Å². The van der Waals surface area contributed by atoms with Crippen LogP contribution in [-0.2, 0) is 11.3 Å². The maximum atomic E-state index is 13.1. The second-order valence-corrected chi connectivity index (χ2v) is 5.36. The molecule has 122 valence electrons. The molecule has 0 aliphatic rings. The predicted octanol–water partition coefficient (Wildman–Crippen LogP) is 2.78. The van der Waals surface area contributed by atoms with Crippen LogP contribution in [0.4, 0.5) is 4.39 Å². The molecule has 0 aliphatic heterocycles. The summed E-state index contributed by atoms with van der Waals surface area (Å²) in [5, 5.41) is -0.00267. The topological polar surface area (TPSA) is 59.8 Å². The fourth-order valence-electron chi connectivity index (χ4n) is 1.92. The Morgan fingerprint density at radius 3 is 2.78 bits per heavy atom. The molecule has 0 atom stereocenters. The van der Waals surface area contributed by atoms with Crippen LogP contribution < -0.4 is 10.2 Å². The molecule has 0 radical (unpaired) electrons. The molecular formula is C16H15ClFNO4. The highest BCUT2D eigenvalue weighted by atomic mass is 35.5. The van der Waals surface area contributed by atoms with Crippen molar-refractivity contribution in [3.8, 4) is 5.75 Å². The zero-order chi connectivity index (χ0) is 17.0. The van der Waals surface area contributed by atoms with Gasteiger partial charge in [0.05, 0.1) is 11.3 Å². The van der Waals surface area contributed by atoms with E-state index in [1.54, 1.807) is 20.0 Å². The number of rotatable bonds is 5. The smallest absolute Gasteiger partial charge is 0.260 e. The van der Waals surface area contributed by atoms with Gasteiger partial charge in [0.15, 0.2) is 6.61 Å². The number of hydrogen-bond acceptors (Lipinski definition) is 4. The highest BCUT2D eigenvalue weighted by Gasteiger charge is 2.14. The Morgan fingerprint density at radius 1 is 1.39 bits per heavy atom. The van der Waals surface area contributed by atoms with Gasteiger partial charge in [0.2, 0.25) is 11.2 Å². The summed E-state index contributed by atoms with van der Waals surface area (Å²) in [6.45, 7) is 1.51. The predicted molar refractivity (Wildman–Crippen MR) is 83.1 cm³/mol. The van der Waals surface area contributed by atoms with E-state index in [9.17, 15) is 14.0 Å². The molecule has 2 rings (SSSR count). The lowest BCUT2D eigenvalue weighted by Crippen LogP contribution is -2.31. The SMILES string of the molecule is Cc1occc(=O)c1OCC(=O)N(C)Cc1ccc(F)c(Cl)c1. The monoisotopic (exact) mass is 339 g/mol. The van der Waals surface area contributed by atoms with Crippen molar-refractivity contribution < 1.29 is 18.3 Å². The number of amides is 1. The van der Waals surface area contributed by atoms with Gasteiger partial charge in [0.1, 0.15) is 11.6 Å². The number of aryl methyl sites for hydroxylation is 1. The molecule has 0 unspecified atom stereocenters. The Kier molecular flexibility index (Phi) is 5.39. The lowest BCUT2D eigenvalue weighted by molar-refractivity contribution is -0.132. The maximum absolute atomic E-state index is 13.1. The Hall–Kier alpha value is -2.34. The van der Waals surface area contributed by atoms with E-state index < -0.39 is 5.82 Å². The highest BCUT2D eigenvalue weighted by Crippen LogP contribution is 2.17. The first-order valence-corrected chi connectivity index (χ1v) is 7.15. The number of hydrogen-bond donors (Lipinski definition) is 0. The van der Waals surface area contributed by atoms with E-state index in [0.29, 0.717) is 11.3 Å². The molecule has 23 heavy (non-hydrogen) atoms. The van der Waals surface area contributed by atoms with Gasteiger partial charge in [-0.3, -0.25) is 9.59 Å². The molecular weight excluding hydrogens is 325 g/mol. The summed E-state index contributed by atoms with van der Waals surface area (Å²) in [5.74, 6) is -0.538.